The van der Waals surface area contributed by atoms with Gasteiger partial charge in [0.25, 0.3) is 0 Å². The van der Waals surface area contributed by atoms with Crippen LogP contribution in [0.3, 0.4) is 0 Å². The van der Waals surface area contributed by atoms with Gasteiger partial charge in [0.2, 0.25) is 0 Å². The minimum absolute atomic E-state index is 0.296. The molecule has 98 valence electrons. The summed E-state index contributed by atoms with van der Waals surface area (Å²) < 4.78 is 11.3. The molecule has 0 unspecified atom stereocenters. The second-order valence-electron chi connectivity index (χ2n) is 4.34. The molecular formula is C14H18ClNO2. The summed E-state index contributed by atoms with van der Waals surface area (Å²) in [5.74, 6) is 1.43. The molecule has 2 N–H and O–H groups in total. The van der Waals surface area contributed by atoms with Crippen LogP contribution in [-0.2, 0) is 0 Å². The molecule has 0 aromatic heterocycles. The van der Waals surface area contributed by atoms with E-state index in [1.54, 1.807) is 13.2 Å². The molecule has 1 aliphatic rings. The SMILES string of the molecule is COc1cc(Cl)cc(/C=C/CN)c1OC1CCC1. The van der Waals surface area contributed by atoms with Crippen LogP contribution < -0.4 is 15.2 Å². The zero-order valence-corrected chi connectivity index (χ0v) is 11.2. The third-order valence-corrected chi connectivity index (χ3v) is 3.26. The van der Waals surface area contributed by atoms with Crippen LogP contribution in [0.5, 0.6) is 11.5 Å². The van der Waals surface area contributed by atoms with Crippen LogP contribution in [-0.4, -0.2) is 19.8 Å². The van der Waals surface area contributed by atoms with E-state index < -0.39 is 0 Å². The standard InChI is InChI=1S/C14H18ClNO2/c1-17-13-9-11(15)8-10(4-3-7-16)14(13)18-12-5-2-6-12/h3-4,8-9,12H,2,5-7,16H2,1H3/b4-3+. The minimum atomic E-state index is 0.296. The van der Waals surface area contributed by atoms with Gasteiger partial charge in [0.1, 0.15) is 0 Å². The van der Waals surface area contributed by atoms with Crippen LogP contribution in [0.2, 0.25) is 5.02 Å². The highest BCUT2D eigenvalue weighted by Gasteiger charge is 2.22. The molecule has 3 nitrogen and oxygen atoms in total. The predicted octanol–water partition coefficient (Wildman–Crippen LogP) is 3.25. The van der Waals surface area contributed by atoms with E-state index in [1.807, 2.05) is 18.2 Å². The van der Waals surface area contributed by atoms with Crippen molar-refractivity contribution in [2.75, 3.05) is 13.7 Å². The molecule has 2 rings (SSSR count). The maximum atomic E-state index is 6.06. The quantitative estimate of drug-likeness (QED) is 0.891. The van der Waals surface area contributed by atoms with Gasteiger partial charge in [-0.3, -0.25) is 0 Å². The number of hydrogen-bond donors (Lipinski definition) is 1. The summed E-state index contributed by atoms with van der Waals surface area (Å²) in [7, 11) is 1.62. The zero-order chi connectivity index (χ0) is 13.0. The van der Waals surface area contributed by atoms with E-state index >= 15 is 0 Å². The highest BCUT2D eigenvalue weighted by Crippen LogP contribution is 2.38. The monoisotopic (exact) mass is 267 g/mol. The molecule has 0 spiro atoms. The van der Waals surface area contributed by atoms with Crippen molar-refractivity contribution in [3.05, 3.63) is 28.8 Å². The van der Waals surface area contributed by atoms with Gasteiger partial charge >= 0.3 is 0 Å². The summed E-state index contributed by atoms with van der Waals surface area (Å²) in [6, 6.07) is 3.64. The van der Waals surface area contributed by atoms with Gasteiger partial charge in [-0.25, -0.2) is 0 Å². The fourth-order valence-electron chi connectivity index (χ4n) is 1.84. The Morgan fingerprint density at radius 3 is 2.78 bits per heavy atom. The van der Waals surface area contributed by atoms with Crippen molar-refractivity contribution in [1.29, 1.82) is 0 Å². The molecule has 0 atom stereocenters. The van der Waals surface area contributed by atoms with Crippen molar-refractivity contribution >= 4 is 17.7 Å². The molecule has 1 saturated carbocycles. The molecule has 0 saturated heterocycles. The van der Waals surface area contributed by atoms with E-state index in [-0.39, 0.29) is 0 Å². The molecule has 1 aromatic rings. The van der Waals surface area contributed by atoms with E-state index in [0.29, 0.717) is 23.4 Å². The van der Waals surface area contributed by atoms with Crippen molar-refractivity contribution < 1.29 is 9.47 Å². The lowest BCUT2D eigenvalue weighted by Gasteiger charge is -2.28. The summed E-state index contributed by atoms with van der Waals surface area (Å²) >= 11 is 6.06. The summed E-state index contributed by atoms with van der Waals surface area (Å²) in [6.07, 6.45) is 7.53. The number of methoxy groups -OCH3 is 1. The van der Waals surface area contributed by atoms with Gasteiger partial charge in [-0.2, -0.15) is 0 Å². The third kappa shape index (κ3) is 2.98. The Hall–Kier alpha value is -1.19. The Balaban J connectivity index is 2.33. The summed E-state index contributed by atoms with van der Waals surface area (Å²) in [4.78, 5) is 0. The van der Waals surface area contributed by atoms with E-state index in [0.717, 1.165) is 24.2 Å². The Labute approximate surface area is 113 Å². The molecule has 18 heavy (non-hydrogen) atoms. The smallest absolute Gasteiger partial charge is 0.168 e. The fraction of sp³-hybridized carbons (Fsp3) is 0.429. The molecular weight excluding hydrogens is 250 g/mol. The van der Waals surface area contributed by atoms with Gasteiger partial charge in [0, 0.05) is 23.2 Å². The summed E-state index contributed by atoms with van der Waals surface area (Å²) in [5, 5.41) is 0.629. The number of benzene rings is 1. The first-order valence-electron chi connectivity index (χ1n) is 6.15. The largest absolute Gasteiger partial charge is 0.493 e. The molecule has 4 heteroatoms. The average Bonchev–Trinajstić information content (AvgIpc) is 2.31. The molecule has 0 amide bonds. The highest BCUT2D eigenvalue weighted by atomic mass is 35.5. The van der Waals surface area contributed by atoms with Crippen molar-refractivity contribution in [2.45, 2.75) is 25.4 Å². The third-order valence-electron chi connectivity index (χ3n) is 3.04. The van der Waals surface area contributed by atoms with E-state index in [1.165, 1.54) is 6.42 Å². The van der Waals surface area contributed by atoms with Crippen LogP contribution in [0, 0.1) is 0 Å². The van der Waals surface area contributed by atoms with Crippen LogP contribution in [0.4, 0.5) is 0 Å². The van der Waals surface area contributed by atoms with Crippen LogP contribution in [0.15, 0.2) is 18.2 Å². The predicted molar refractivity (Wildman–Crippen MR) is 74.4 cm³/mol. The second-order valence-corrected chi connectivity index (χ2v) is 4.77. The first kappa shape index (κ1) is 13.2. The lowest BCUT2D eigenvalue weighted by molar-refractivity contribution is 0.116. The van der Waals surface area contributed by atoms with Crippen LogP contribution >= 0.6 is 11.6 Å². The first-order valence-corrected chi connectivity index (χ1v) is 6.53. The number of rotatable bonds is 5. The average molecular weight is 268 g/mol. The molecule has 1 fully saturated rings. The molecule has 0 aliphatic heterocycles. The lowest BCUT2D eigenvalue weighted by Crippen LogP contribution is -2.25. The zero-order valence-electron chi connectivity index (χ0n) is 10.5. The molecule has 0 bridgehead atoms. The normalized spacial score (nSPS) is 15.7. The minimum Gasteiger partial charge on any atom is -0.493 e. The van der Waals surface area contributed by atoms with Crippen molar-refractivity contribution in [2.24, 2.45) is 5.73 Å². The fourth-order valence-corrected chi connectivity index (χ4v) is 2.06. The van der Waals surface area contributed by atoms with Crippen LogP contribution in [0.25, 0.3) is 6.08 Å². The Morgan fingerprint density at radius 2 is 2.22 bits per heavy atom. The Bertz CT molecular complexity index is 442. The molecule has 1 aliphatic carbocycles. The van der Waals surface area contributed by atoms with Crippen LogP contribution in [0.1, 0.15) is 24.8 Å². The second kappa shape index (κ2) is 6.12. The topological polar surface area (TPSA) is 44.5 Å². The summed E-state index contributed by atoms with van der Waals surface area (Å²) in [6.45, 7) is 0.484. The van der Waals surface area contributed by atoms with Gasteiger partial charge < -0.3 is 15.2 Å². The van der Waals surface area contributed by atoms with Crippen molar-refractivity contribution in [1.82, 2.24) is 0 Å². The molecule has 0 radical (unpaired) electrons. The van der Waals surface area contributed by atoms with E-state index in [4.69, 9.17) is 26.8 Å². The van der Waals surface area contributed by atoms with Crippen molar-refractivity contribution in [3.8, 4) is 11.5 Å². The maximum absolute atomic E-state index is 6.06. The maximum Gasteiger partial charge on any atom is 0.168 e. The van der Waals surface area contributed by atoms with Gasteiger partial charge in [-0.1, -0.05) is 23.8 Å². The summed E-state index contributed by atoms with van der Waals surface area (Å²) in [5.41, 5.74) is 6.40. The number of hydrogen-bond acceptors (Lipinski definition) is 3. The Morgan fingerprint density at radius 1 is 1.44 bits per heavy atom. The highest BCUT2D eigenvalue weighted by molar-refractivity contribution is 6.31. The Kier molecular flexibility index (Phi) is 4.50. The van der Waals surface area contributed by atoms with Gasteiger partial charge in [-0.15, -0.1) is 0 Å². The van der Waals surface area contributed by atoms with E-state index in [9.17, 15) is 0 Å². The van der Waals surface area contributed by atoms with Gasteiger partial charge in [0.15, 0.2) is 11.5 Å². The number of ether oxygens (including phenoxy) is 2. The molecule has 1 aromatic carbocycles. The number of halogens is 1. The van der Waals surface area contributed by atoms with Gasteiger partial charge in [0.05, 0.1) is 13.2 Å². The van der Waals surface area contributed by atoms with Crippen molar-refractivity contribution in [3.63, 3.8) is 0 Å². The van der Waals surface area contributed by atoms with E-state index in [2.05, 4.69) is 0 Å². The first-order chi connectivity index (χ1) is 8.74. The lowest BCUT2D eigenvalue weighted by atomic mass is 9.96. The van der Waals surface area contributed by atoms with Gasteiger partial charge in [-0.05, 0) is 25.3 Å². The number of nitrogens with two attached hydrogens (primary N) is 1. The molecule has 0 heterocycles.